The van der Waals surface area contributed by atoms with E-state index in [1.54, 1.807) is 41.3 Å². The van der Waals surface area contributed by atoms with Gasteiger partial charge in [-0.15, -0.1) is 0 Å². The van der Waals surface area contributed by atoms with E-state index < -0.39 is 10.0 Å². The molecule has 110 valence electrons. The molecule has 0 aliphatic carbocycles. The molecule has 0 radical (unpaired) electrons. The van der Waals surface area contributed by atoms with Crippen LogP contribution in [0.2, 0.25) is 0 Å². The molecule has 0 aliphatic heterocycles. The molecule has 0 aromatic heterocycles. The number of rotatable bonds is 4. The molecule has 2 aromatic carbocycles. The molecule has 0 aliphatic rings. The lowest BCUT2D eigenvalue weighted by molar-refractivity contribution is 0.103. The van der Waals surface area contributed by atoms with Crippen LogP contribution in [0.5, 0.6) is 0 Å². The number of sulfonamides is 1. The Morgan fingerprint density at radius 2 is 1.67 bits per heavy atom. The van der Waals surface area contributed by atoms with E-state index in [4.69, 9.17) is 5.14 Å². The first-order chi connectivity index (χ1) is 9.80. The largest absolute Gasteiger partial charge is 0.378 e. The summed E-state index contributed by atoms with van der Waals surface area (Å²) in [5.74, 6) is -0.372. The molecule has 0 saturated carbocycles. The van der Waals surface area contributed by atoms with Crippen LogP contribution in [0.3, 0.4) is 0 Å². The van der Waals surface area contributed by atoms with Gasteiger partial charge in [0, 0.05) is 30.9 Å². The first-order valence-electron chi connectivity index (χ1n) is 6.24. The number of carbonyl (C=O) groups is 1. The Hall–Kier alpha value is -2.18. The Morgan fingerprint density at radius 3 is 2.19 bits per heavy atom. The standard InChI is InChI=1S/C15H16N2O3S/c1-17(2)12-8-9-14(21(16,19)20)13(10-12)15(18)11-6-4-3-5-7-11/h3-10H,1-2H3,(H2,16,19,20). The average molecular weight is 304 g/mol. The number of ketones is 1. The van der Waals surface area contributed by atoms with Gasteiger partial charge in [0.05, 0.1) is 4.90 Å². The van der Waals surface area contributed by atoms with Crippen LogP contribution in [0.4, 0.5) is 5.69 Å². The summed E-state index contributed by atoms with van der Waals surface area (Å²) in [4.78, 5) is 14.2. The molecule has 21 heavy (non-hydrogen) atoms. The zero-order valence-corrected chi connectivity index (χ0v) is 12.6. The minimum absolute atomic E-state index is 0.0786. The lowest BCUT2D eigenvalue weighted by Gasteiger charge is -2.15. The van der Waals surface area contributed by atoms with Crippen LogP contribution >= 0.6 is 0 Å². The van der Waals surface area contributed by atoms with Crippen LogP contribution in [-0.2, 0) is 10.0 Å². The quantitative estimate of drug-likeness (QED) is 0.871. The number of nitrogens with zero attached hydrogens (tertiary/aromatic N) is 1. The second kappa shape index (κ2) is 5.67. The SMILES string of the molecule is CN(C)c1ccc(S(N)(=O)=O)c(C(=O)c2ccccc2)c1. The maximum atomic E-state index is 12.6. The second-order valence-corrected chi connectivity index (χ2v) is 6.34. The van der Waals surface area contributed by atoms with E-state index in [1.165, 1.54) is 12.1 Å². The highest BCUT2D eigenvalue weighted by atomic mass is 32.2. The summed E-state index contributed by atoms with van der Waals surface area (Å²) in [6, 6.07) is 13.0. The number of primary sulfonamides is 1. The molecule has 5 nitrogen and oxygen atoms in total. The molecule has 0 bridgehead atoms. The van der Waals surface area contributed by atoms with Gasteiger partial charge >= 0.3 is 0 Å². The van der Waals surface area contributed by atoms with Gasteiger partial charge in [0.15, 0.2) is 5.78 Å². The summed E-state index contributed by atoms with van der Waals surface area (Å²) in [6.45, 7) is 0. The summed E-state index contributed by atoms with van der Waals surface area (Å²) in [5, 5.41) is 5.21. The fraction of sp³-hybridized carbons (Fsp3) is 0.133. The first-order valence-corrected chi connectivity index (χ1v) is 7.79. The van der Waals surface area contributed by atoms with E-state index in [-0.39, 0.29) is 16.2 Å². The maximum absolute atomic E-state index is 12.6. The third kappa shape index (κ3) is 3.29. The molecule has 0 fully saturated rings. The number of benzene rings is 2. The minimum Gasteiger partial charge on any atom is -0.378 e. The van der Waals surface area contributed by atoms with E-state index in [1.807, 2.05) is 14.1 Å². The van der Waals surface area contributed by atoms with Gasteiger partial charge in [-0.25, -0.2) is 13.6 Å². The van der Waals surface area contributed by atoms with Crippen LogP contribution < -0.4 is 10.0 Å². The van der Waals surface area contributed by atoms with Crippen LogP contribution in [0.15, 0.2) is 53.4 Å². The number of hydrogen-bond donors (Lipinski definition) is 1. The van der Waals surface area contributed by atoms with Gasteiger partial charge in [0.2, 0.25) is 10.0 Å². The zero-order chi connectivity index (χ0) is 15.6. The van der Waals surface area contributed by atoms with Crippen molar-refractivity contribution in [2.75, 3.05) is 19.0 Å². The molecule has 0 heterocycles. The van der Waals surface area contributed by atoms with Gasteiger partial charge in [0.25, 0.3) is 0 Å². The van der Waals surface area contributed by atoms with Crippen LogP contribution in [0.25, 0.3) is 0 Å². The molecule has 6 heteroatoms. The summed E-state index contributed by atoms with van der Waals surface area (Å²) in [6.07, 6.45) is 0. The molecule has 0 saturated heterocycles. The zero-order valence-electron chi connectivity index (χ0n) is 11.8. The van der Waals surface area contributed by atoms with Gasteiger partial charge in [-0.2, -0.15) is 0 Å². The topological polar surface area (TPSA) is 80.5 Å². The lowest BCUT2D eigenvalue weighted by atomic mass is 10.0. The highest BCUT2D eigenvalue weighted by Gasteiger charge is 2.21. The van der Waals surface area contributed by atoms with Gasteiger partial charge in [-0.05, 0) is 18.2 Å². The Labute approximate surface area is 124 Å². The van der Waals surface area contributed by atoms with Crippen molar-refractivity contribution in [1.29, 1.82) is 0 Å². The monoisotopic (exact) mass is 304 g/mol. The maximum Gasteiger partial charge on any atom is 0.238 e. The predicted molar refractivity (Wildman–Crippen MR) is 82.0 cm³/mol. The van der Waals surface area contributed by atoms with Crippen molar-refractivity contribution < 1.29 is 13.2 Å². The third-order valence-corrected chi connectivity index (χ3v) is 4.04. The molecular formula is C15H16N2O3S. The fourth-order valence-electron chi connectivity index (χ4n) is 1.97. The Kier molecular flexibility index (Phi) is 4.11. The number of hydrogen-bond acceptors (Lipinski definition) is 4. The van der Waals surface area contributed by atoms with Crippen molar-refractivity contribution in [3.05, 3.63) is 59.7 Å². The van der Waals surface area contributed by atoms with Crippen molar-refractivity contribution in [1.82, 2.24) is 0 Å². The van der Waals surface area contributed by atoms with E-state index in [0.29, 0.717) is 5.56 Å². The number of nitrogens with two attached hydrogens (primary N) is 1. The molecule has 0 amide bonds. The Bertz CT molecular complexity index is 769. The van der Waals surface area contributed by atoms with Crippen LogP contribution in [0.1, 0.15) is 15.9 Å². The fourth-order valence-corrected chi connectivity index (χ4v) is 2.68. The highest BCUT2D eigenvalue weighted by molar-refractivity contribution is 7.89. The molecule has 0 unspecified atom stereocenters. The highest BCUT2D eigenvalue weighted by Crippen LogP contribution is 2.23. The van der Waals surface area contributed by atoms with E-state index in [0.717, 1.165) is 5.69 Å². The number of anilines is 1. The number of carbonyl (C=O) groups excluding carboxylic acids is 1. The Morgan fingerprint density at radius 1 is 1.05 bits per heavy atom. The van der Waals surface area contributed by atoms with Crippen molar-refractivity contribution in [2.24, 2.45) is 5.14 Å². The molecule has 2 N–H and O–H groups in total. The van der Waals surface area contributed by atoms with Gasteiger partial charge in [-0.3, -0.25) is 4.79 Å². The summed E-state index contributed by atoms with van der Waals surface area (Å²) < 4.78 is 23.4. The van der Waals surface area contributed by atoms with Crippen molar-refractivity contribution >= 4 is 21.5 Å². The molecule has 2 aromatic rings. The van der Waals surface area contributed by atoms with Crippen molar-refractivity contribution in [3.8, 4) is 0 Å². The molecule has 0 atom stereocenters. The van der Waals surface area contributed by atoms with E-state index >= 15 is 0 Å². The molecule has 2 rings (SSSR count). The van der Waals surface area contributed by atoms with Gasteiger partial charge in [-0.1, -0.05) is 30.3 Å². The van der Waals surface area contributed by atoms with Crippen LogP contribution in [-0.4, -0.2) is 28.3 Å². The first kappa shape index (κ1) is 15.2. The summed E-state index contributed by atoms with van der Waals surface area (Å²) >= 11 is 0. The van der Waals surface area contributed by atoms with E-state index in [9.17, 15) is 13.2 Å². The van der Waals surface area contributed by atoms with Crippen LogP contribution in [0, 0.1) is 0 Å². The van der Waals surface area contributed by atoms with Crippen molar-refractivity contribution in [3.63, 3.8) is 0 Å². The predicted octanol–water partition coefficient (Wildman–Crippen LogP) is 1.63. The molecular weight excluding hydrogens is 288 g/mol. The normalized spacial score (nSPS) is 11.2. The average Bonchev–Trinajstić information content (AvgIpc) is 2.45. The van der Waals surface area contributed by atoms with Crippen molar-refractivity contribution in [2.45, 2.75) is 4.90 Å². The molecule has 0 spiro atoms. The third-order valence-electron chi connectivity index (χ3n) is 3.07. The van der Waals surface area contributed by atoms with E-state index in [2.05, 4.69) is 0 Å². The summed E-state index contributed by atoms with van der Waals surface area (Å²) in [5.41, 5.74) is 1.22. The minimum atomic E-state index is -3.97. The second-order valence-electron chi connectivity index (χ2n) is 4.82. The van der Waals surface area contributed by atoms with Gasteiger partial charge < -0.3 is 4.90 Å². The smallest absolute Gasteiger partial charge is 0.238 e. The van der Waals surface area contributed by atoms with Gasteiger partial charge in [0.1, 0.15) is 0 Å². The lowest BCUT2D eigenvalue weighted by Crippen LogP contribution is -2.18. The Balaban J connectivity index is 2.64. The summed E-state index contributed by atoms with van der Waals surface area (Å²) in [7, 11) is -0.352.